The van der Waals surface area contributed by atoms with Gasteiger partial charge < -0.3 is 19.7 Å². The number of halogens is 2. The molecule has 1 atom stereocenters. The standard InChI is InChI=1S/C26H26BrClN2O4/c1-29-26(32)23(14-18-7-4-3-5-8-18)30(16-19-9-6-10-21(13-19)33-2)25(31)17-34-24-12-11-20(28)15-22(24)27/h3-13,15,23H,14,16-17H2,1-2H3,(H,29,32). The highest BCUT2D eigenvalue weighted by atomic mass is 79.9. The number of rotatable bonds is 10. The van der Waals surface area contributed by atoms with Gasteiger partial charge in [0.05, 0.1) is 11.6 Å². The Labute approximate surface area is 212 Å². The van der Waals surface area contributed by atoms with E-state index in [1.807, 2.05) is 54.6 Å². The molecule has 0 bridgehead atoms. The Morgan fingerprint density at radius 3 is 2.44 bits per heavy atom. The summed E-state index contributed by atoms with van der Waals surface area (Å²) in [6.07, 6.45) is 0.362. The lowest BCUT2D eigenvalue weighted by Crippen LogP contribution is -2.51. The van der Waals surface area contributed by atoms with E-state index in [2.05, 4.69) is 21.2 Å². The molecule has 0 fully saturated rings. The van der Waals surface area contributed by atoms with Crippen molar-refractivity contribution in [1.82, 2.24) is 10.2 Å². The number of carbonyl (C=O) groups is 2. The molecule has 0 aliphatic carbocycles. The molecule has 3 rings (SSSR count). The Morgan fingerprint density at radius 2 is 1.76 bits per heavy atom. The zero-order valence-electron chi connectivity index (χ0n) is 19.0. The molecule has 178 valence electrons. The first kappa shape index (κ1) is 25.6. The minimum absolute atomic E-state index is 0.214. The van der Waals surface area contributed by atoms with Gasteiger partial charge in [0.2, 0.25) is 5.91 Å². The van der Waals surface area contributed by atoms with Gasteiger partial charge in [-0.2, -0.15) is 0 Å². The Bertz CT molecular complexity index is 1130. The van der Waals surface area contributed by atoms with Crippen molar-refractivity contribution < 1.29 is 19.1 Å². The van der Waals surface area contributed by atoms with Gasteiger partial charge >= 0.3 is 0 Å². The molecular weight excluding hydrogens is 520 g/mol. The third kappa shape index (κ3) is 6.98. The minimum Gasteiger partial charge on any atom is -0.497 e. The number of methoxy groups -OCH3 is 1. The van der Waals surface area contributed by atoms with Gasteiger partial charge in [-0.3, -0.25) is 9.59 Å². The molecule has 0 aliphatic heterocycles. The van der Waals surface area contributed by atoms with Gasteiger partial charge in [0.1, 0.15) is 17.5 Å². The van der Waals surface area contributed by atoms with E-state index >= 15 is 0 Å². The van der Waals surface area contributed by atoms with E-state index in [1.54, 1.807) is 37.3 Å². The Kier molecular flexibility index (Phi) is 9.36. The van der Waals surface area contributed by atoms with Gasteiger partial charge in [0.15, 0.2) is 6.61 Å². The first-order valence-corrected chi connectivity index (χ1v) is 11.8. The minimum atomic E-state index is -0.733. The average molecular weight is 546 g/mol. The van der Waals surface area contributed by atoms with Crippen molar-refractivity contribution in [2.45, 2.75) is 19.0 Å². The van der Waals surface area contributed by atoms with Gasteiger partial charge in [-0.15, -0.1) is 0 Å². The van der Waals surface area contributed by atoms with Crippen molar-refractivity contribution in [1.29, 1.82) is 0 Å². The highest BCUT2D eigenvalue weighted by molar-refractivity contribution is 9.10. The lowest BCUT2D eigenvalue weighted by atomic mass is 10.0. The van der Waals surface area contributed by atoms with Crippen molar-refractivity contribution >= 4 is 39.3 Å². The second-order valence-corrected chi connectivity index (χ2v) is 8.85. The van der Waals surface area contributed by atoms with Gasteiger partial charge in [0.25, 0.3) is 5.91 Å². The number of carbonyl (C=O) groups excluding carboxylic acids is 2. The fourth-order valence-corrected chi connectivity index (χ4v) is 4.30. The number of hydrogen-bond donors (Lipinski definition) is 1. The molecule has 0 aliphatic rings. The molecule has 0 saturated heterocycles. The third-order valence-electron chi connectivity index (χ3n) is 5.25. The van der Waals surface area contributed by atoms with Crippen LogP contribution >= 0.6 is 27.5 Å². The molecule has 3 aromatic carbocycles. The molecule has 2 amide bonds. The largest absolute Gasteiger partial charge is 0.497 e. The summed E-state index contributed by atoms with van der Waals surface area (Å²) in [5.74, 6) is 0.575. The van der Waals surface area contributed by atoms with Crippen LogP contribution in [0.1, 0.15) is 11.1 Å². The molecule has 8 heteroatoms. The average Bonchev–Trinajstić information content (AvgIpc) is 2.85. The Morgan fingerprint density at radius 1 is 1.03 bits per heavy atom. The lowest BCUT2D eigenvalue weighted by molar-refractivity contribution is -0.142. The molecule has 0 radical (unpaired) electrons. The maximum atomic E-state index is 13.5. The van der Waals surface area contributed by atoms with Crippen molar-refractivity contribution in [3.8, 4) is 11.5 Å². The molecule has 0 saturated carbocycles. The second kappa shape index (κ2) is 12.4. The molecule has 1 unspecified atom stereocenters. The van der Waals surface area contributed by atoms with Gasteiger partial charge in [-0.05, 0) is 57.4 Å². The summed E-state index contributed by atoms with van der Waals surface area (Å²) >= 11 is 9.40. The van der Waals surface area contributed by atoms with Crippen LogP contribution in [0.4, 0.5) is 0 Å². The number of hydrogen-bond acceptors (Lipinski definition) is 4. The van der Waals surface area contributed by atoms with Crippen LogP contribution in [-0.2, 0) is 22.6 Å². The Balaban J connectivity index is 1.89. The first-order chi connectivity index (χ1) is 16.4. The molecule has 34 heavy (non-hydrogen) atoms. The summed E-state index contributed by atoms with van der Waals surface area (Å²) < 4.78 is 11.7. The second-order valence-electron chi connectivity index (χ2n) is 7.56. The monoisotopic (exact) mass is 544 g/mol. The van der Waals surface area contributed by atoms with Crippen LogP contribution in [0.5, 0.6) is 11.5 Å². The summed E-state index contributed by atoms with van der Waals surface area (Å²) in [6.45, 7) is -0.0292. The van der Waals surface area contributed by atoms with Crippen LogP contribution in [0.25, 0.3) is 0 Å². The lowest BCUT2D eigenvalue weighted by Gasteiger charge is -2.31. The first-order valence-electron chi connectivity index (χ1n) is 10.7. The van der Waals surface area contributed by atoms with E-state index in [-0.39, 0.29) is 25.0 Å². The zero-order valence-corrected chi connectivity index (χ0v) is 21.3. The zero-order chi connectivity index (χ0) is 24.5. The number of ether oxygens (including phenoxy) is 2. The fraction of sp³-hybridized carbons (Fsp3) is 0.231. The predicted molar refractivity (Wildman–Crippen MR) is 136 cm³/mol. The van der Waals surface area contributed by atoms with Crippen LogP contribution in [0.3, 0.4) is 0 Å². The van der Waals surface area contributed by atoms with Crippen LogP contribution in [0.15, 0.2) is 77.3 Å². The molecule has 0 spiro atoms. The van der Waals surface area contributed by atoms with E-state index in [1.165, 1.54) is 0 Å². The van der Waals surface area contributed by atoms with E-state index in [9.17, 15) is 9.59 Å². The van der Waals surface area contributed by atoms with Gasteiger partial charge in [0, 0.05) is 25.0 Å². The van der Waals surface area contributed by atoms with Crippen LogP contribution in [-0.4, -0.2) is 43.5 Å². The molecule has 6 nitrogen and oxygen atoms in total. The fourth-order valence-electron chi connectivity index (χ4n) is 3.50. The maximum absolute atomic E-state index is 13.5. The highest BCUT2D eigenvalue weighted by Gasteiger charge is 2.30. The van der Waals surface area contributed by atoms with E-state index in [4.69, 9.17) is 21.1 Å². The molecule has 1 N–H and O–H groups in total. The molecule has 3 aromatic rings. The molecule has 0 aromatic heterocycles. The highest BCUT2D eigenvalue weighted by Crippen LogP contribution is 2.28. The molecule has 0 heterocycles. The normalized spacial score (nSPS) is 11.4. The van der Waals surface area contributed by atoms with E-state index in [0.29, 0.717) is 27.4 Å². The quantitative estimate of drug-likeness (QED) is 0.394. The van der Waals surface area contributed by atoms with E-state index in [0.717, 1.165) is 11.1 Å². The number of likely N-dealkylation sites (N-methyl/N-ethyl adjacent to an activating group) is 1. The molecular formula is C26H26BrClN2O4. The smallest absolute Gasteiger partial charge is 0.261 e. The number of nitrogens with one attached hydrogen (secondary N) is 1. The summed E-state index contributed by atoms with van der Waals surface area (Å²) in [5.41, 5.74) is 1.78. The van der Waals surface area contributed by atoms with Crippen LogP contribution in [0, 0.1) is 0 Å². The maximum Gasteiger partial charge on any atom is 0.261 e. The SMILES string of the molecule is CNC(=O)C(Cc1ccccc1)N(Cc1cccc(OC)c1)C(=O)COc1ccc(Cl)cc1Br. The van der Waals surface area contributed by atoms with Crippen molar-refractivity contribution in [2.75, 3.05) is 20.8 Å². The number of amides is 2. The summed E-state index contributed by atoms with van der Waals surface area (Å²) in [5, 5.41) is 3.25. The van der Waals surface area contributed by atoms with Crippen molar-refractivity contribution in [3.05, 3.63) is 93.4 Å². The summed E-state index contributed by atoms with van der Waals surface area (Å²) in [7, 11) is 3.15. The van der Waals surface area contributed by atoms with Crippen molar-refractivity contribution in [3.63, 3.8) is 0 Å². The van der Waals surface area contributed by atoms with Crippen LogP contribution < -0.4 is 14.8 Å². The summed E-state index contributed by atoms with van der Waals surface area (Å²) in [6, 6.07) is 21.4. The topological polar surface area (TPSA) is 67.9 Å². The number of benzene rings is 3. The van der Waals surface area contributed by atoms with Gasteiger partial charge in [-0.25, -0.2) is 0 Å². The van der Waals surface area contributed by atoms with Crippen molar-refractivity contribution in [2.24, 2.45) is 0 Å². The summed E-state index contributed by atoms with van der Waals surface area (Å²) in [4.78, 5) is 27.9. The van der Waals surface area contributed by atoms with Gasteiger partial charge in [-0.1, -0.05) is 54.1 Å². The predicted octanol–water partition coefficient (Wildman–Crippen LogP) is 4.88. The third-order valence-corrected chi connectivity index (χ3v) is 6.10. The number of nitrogens with zero attached hydrogens (tertiary/aromatic N) is 1. The Hall–Kier alpha value is -3.03. The van der Waals surface area contributed by atoms with E-state index < -0.39 is 6.04 Å². The van der Waals surface area contributed by atoms with Crippen LogP contribution in [0.2, 0.25) is 5.02 Å².